The maximum Gasteiger partial charge on any atom is 0.254 e. The Kier molecular flexibility index (Phi) is 6.22. The first-order valence-electron chi connectivity index (χ1n) is 6.38. The first-order chi connectivity index (χ1) is 8.29. The molecule has 1 amide bonds. The van der Waals surface area contributed by atoms with Crippen molar-refractivity contribution in [1.29, 1.82) is 0 Å². The summed E-state index contributed by atoms with van der Waals surface area (Å²) in [5.74, 6) is 0.608. The molecule has 1 aliphatic carbocycles. The van der Waals surface area contributed by atoms with Crippen molar-refractivity contribution >= 4 is 18.3 Å². The number of carbonyl (C=O) groups excluding carboxylic acids is 1. The third-order valence-corrected chi connectivity index (χ3v) is 3.31. The quantitative estimate of drug-likeness (QED) is 0.831. The Morgan fingerprint density at radius 2 is 2.00 bits per heavy atom. The van der Waals surface area contributed by atoms with Crippen LogP contribution in [0.4, 0.5) is 0 Å². The van der Waals surface area contributed by atoms with Crippen molar-refractivity contribution in [2.24, 2.45) is 5.73 Å². The lowest BCUT2D eigenvalue weighted by Gasteiger charge is -2.15. The van der Waals surface area contributed by atoms with Crippen molar-refractivity contribution in [3.8, 4) is 0 Å². The van der Waals surface area contributed by atoms with Crippen molar-refractivity contribution in [2.45, 2.75) is 51.1 Å². The highest BCUT2D eigenvalue weighted by molar-refractivity contribution is 5.94. The normalized spacial score (nSPS) is 16.7. The molecule has 0 saturated heterocycles. The minimum Gasteiger partial charge on any atom is -0.467 e. The van der Waals surface area contributed by atoms with Gasteiger partial charge >= 0.3 is 0 Å². The van der Waals surface area contributed by atoms with Crippen LogP contribution in [0.2, 0.25) is 0 Å². The Morgan fingerprint density at radius 1 is 1.33 bits per heavy atom. The molecule has 1 saturated carbocycles. The minimum absolute atomic E-state index is 0. The van der Waals surface area contributed by atoms with E-state index in [1.165, 1.54) is 31.9 Å². The lowest BCUT2D eigenvalue weighted by Crippen LogP contribution is -2.34. The molecule has 1 fully saturated rings. The van der Waals surface area contributed by atoms with E-state index in [1.807, 2.05) is 0 Å². The first kappa shape index (κ1) is 15.1. The molecule has 0 aromatic carbocycles. The van der Waals surface area contributed by atoms with Crippen LogP contribution < -0.4 is 11.1 Å². The van der Waals surface area contributed by atoms with Gasteiger partial charge in [-0.3, -0.25) is 4.79 Å². The standard InChI is InChI=1S/C13H20N2O2.ClH/c14-8-12-7-10(9-17-12)13(16)15-11-5-3-1-2-4-6-11;/h7,9,11H,1-6,8,14H2,(H,15,16);1H. The van der Waals surface area contributed by atoms with Gasteiger partial charge in [0, 0.05) is 6.04 Å². The summed E-state index contributed by atoms with van der Waals surface area (Å²) in [6.45, 7) is 0.330. The third kappa shape index (κ3) is 4.03. The minimum atomic E-state index is -0.0413. The molecule has 0 bridgehead atoms. The molecule has 102 valence electrons. The number of furan rings is 1. The Balaban J connectivity index is 0.00000162. The van der Waals surface area contributed by atoms with Crippen molar-refractivity contribution in [3.05, 3.63) is 23.7 Å². The maximum absolute atomic E-state index is 11.9. The van der Waals surface area contributed by atoms with Gasteiger partial charge in [0.05, 0.1) is 12.1 Å². The molecule has 1 aromatic heterocycles. The van der Waals surface area contributed by atoms with E-state index in [1.54, 1.807) is 6.07 Å². The summed E-state index contributed by atoms with van der Waals surface area (Å²) in [6, 6.07) is 2.03. The average molecular weight is 273 g/mol. The molecule has 0 aliphatic heterocycles. The second kappa shape index (κ2) is 7.44. The van der Waals surface area contributed by atoms with E-state index in [2.05, 4.69) is 5.32 Å². The molecular weight excluding hydrogens is 252 g/mol. The number of hydrogen-bond donors (Lipinski definition) is 2. The van der Waals surface area contributed by atoms with Crippen LogP contribution in [0.5, 0.6) is 0 Å². The highest BCUT2D eigenvalue weighted by atomic mass is 35.5. The highest BCUT2D eigenvalue weighted by Crippen LogP contribution is 2.18. The van der Waals surface area contributed by atoms with Gasteiger partial charge in [0.1, 0.15) is 12.0 Å². The molecule has 0 radical (unpaired) electrons. The van der Waals surface area contributed by atoms with Gasteiger partial charge < -0.3 is 15.5 Å². The lowest BCUT2D eigenvalue weighted by molar-refractivity contribution is 0.0932. The molecule has 18 heavy (non-hydrogen) atoms. The molecule has 4 nitrogen and oxygen atoms in total. The number of nitrogens with one attached hydrogen (secondary N) is 1. The Labute approximate surface area is 114 Å². The molecule has 1 aliphatic rings. The van der Waals surface area contributed by atoms with Crippen molar-refractivity contribution in [3.63, 3.8) is 0 Å². The largest absolute Gasteiger partial charge is 0.467 e. The molecule has 2 rings (SSSR count). The molecule has 3 N–H and O–H groups in total. The second-order valence-electron chi connectivity index (χ2n) is 4.67. The summed E-state index contributed by atoms with van der Waals surface area (Å²) in [6.07, 6.45) is 8.66. The number of amides is 1. The average Bonchev–Trinajstić information content (AvgIpc) is 2.68. The van der Waals surface area contributed by atoms with Gasteiger partial charge in [-0.2, -0.15) is 0 Å². The summed E-state index contributed by atoms with van der Waals surface area (Å²) in [4.78, 5) is 11.9. The molecule has 5 heteroatoms. The monoisotopic (exact) mass is 272 g/mol. The molecule has 0 unspecified atom stereocenters. The summed E-state index contributed by atoms with van der Waals surface area (Å²) >= 11 is 0. The van der Waals surface area contributed by atoms with Crippen molar-refractivity contribution < 1.29 is 9.21 Å². The topological polar surface area (TPSA) is 68.3 Å². The fraction of sp³-hybridized carbons (Fsp3) is 0.615. The zero-order valence-electron chi connectivity index (χ0n) is 10.5. The predicted molar refractivity (Wildman–Crippen MR) is 72.8 cm³/mol. The van der Waals surface area contributed by atoms with Crippen LogP contribution in [0.25, 0.3) is 0 Å². The first-order valence-corrected chi connectivity index (χ1v) is 6.38. The van der Waals surface area contributed by atoms with E-state index in [0.29, 0.717) is 23.9 Å². The SMILES string of the molecule is Cl.NCc1cc(C(=O)NC2CCCCCC2)co1. The number of rotatable bonds is 3. The Bertz CT molecular complexity index is 371. The molecule has 1 heterocycles. The molecule has 1 aromatic rings. The number of halogens is 1. The van der Waals surface area contributed by atoms with Gasteiger partial charge in [0.15, 0.2) is 0 Å². The van der Waals surface area contributed by atoms with Crippen LogP contribution in [0.3, 0.4) is 0 Å². The molecule has 0 spiro atoms. The van der Waals surface area contributed by atoms with Crippen LogP contribution in [-0.4, -0.2) is 11.9 Å². The smallest absolute Gasteiger partial charge is 0.254 e. The van der Waals surface area contributed by atoms with Gasteiger partial charge in [0.25, 0.3) is 5.91 Å². The molecule has 0 atom stereocenters. The van der Waals surface area contributed by atoms with E-state index in [9.17, 15) is 4.79 Å². The zero-order valence-corrected chi connectivity index (χ0v) is 11.3. The van der Waals surface area contributed by atoms with Crippen molar-refractivity contribution in [1.82, 2.24) is 5.32 Å². The van der Waals surface area contributed by atoms with Crippen molar-refractivity contribution in [2.75, 3.05) is 0 Å². The number of hydrogen-bond acceptors (Lipinski definition) is 3. The fourth-order valence-corrected chi connectivity index (χ4v) is 2.30. The summed E-state index contributed by atoms with van der Waals surface area (Å²) in [5, 5.41) is 3.07. The Morgan fingerprint density at radius 3 is 2.56 bits per heavy atom. The van der Waals surface area contributed by atoms with Gasteiger partial charge in [-0.15, -0.1) is 12.4 Å². The third-order valence-electron chi connectivity index (χ3n) is 3.31. The zero-order chi connectivity index (χ0) is 12.1. The van der Waals surface area contributed by atoms with E-state index in [0.717, 1.165) is 12.8 Å². The van der Waals surface area contributed by atoms with Gasteiger partial charge in [-0.25, -0.2) is 0 Å². The van der Waals surface area contributed by atoms with Crippen LogP contribution in [0.15, 0.2) is 16.7 Å². The van der Waals surface area contributed by atoms with Gasteiger partial charge in [-0.1, -0.05) is 25.7 Å². The van der Waals surface area contributed by atoms with Crippen LogP contribution >= 0.6 is 12.4 Å². The fourth-order valence-electron chi connectivity index (χ4n) is 2.30. The predicted octanol–water partition coefficient (Wildman–Crippen LogP) is 2.61. The van der Waals surface area contributed by atoms with E-state index >= 15 is 0 Å². The summed E-state index contributed by atoms with van der Waals surface area (Å²) < 4.78 is 5.16. The van der Waals surface area contributed by atoms with Gasteiger partial charge in [-0.05, 0) is 18.9 Å². The van der Waals surface area contributed by atoms with E-state index in [4.69, 9.17) is 10.2 Å². The van der Waals surface area contributed by atoms with Crippen LogP contribution in [0, 0.1) is 0 Å². The van der Waals surface area contributed by atoms with Crippen LogP contribution in [-0.2, 0) is 6.54 Å². The number of carbonyl (C=O) groups is 1. The van der Waals surface area contributed by atoms with Gasteiger partial charge in [0.2, 0.25) is 0 Å². The Hall–Kier alpha value is -1.00. The number of nitrogens with two attached hydrogens (primary N) is 1. The summed E-state index contributed by atoms with van der Waals surface area (Å²) in [5.41, 5.74) is 6.02. The highest BCUT2D eigenvalue weighted by Gasteiger charge is 2.16. The lowest BCUT2D eigenvalue weighted by atomic mass is 10.1. The summed E-state index contributed by atoms with van der Waals surface area (Å²) in [7, 11) is 0. The van der Waals surface area contributed by atoms with E-state index < -0.39 is 0 Å². The van der Waals surface area contributed by atoms with Crippen LogP contribution in [0.1, 0.15) is 54.6 Å². The molecular formula is C13H21ClN2O2. The second-order valence-corrected chi connectivity index (χ2v) is 4.67. The van der Waals surface area contributed by atoms with E-state index in [-0.39, 0.29) is 18.3 Å². The maximum atomic E-state index is 11.9.